The van der Waals surface area contributed by atoms with Crippen molar-refractivity contribution in [1.29, 1.82) is 5.26 Å². The van der Waals surface area contributed by atoms with E-state index in [1.54, 1.807) is 6.20 Å². The van der Waals surface area contributed by atoms with Crippen LogP contribution in [0.5, 0.6) is 6.01 Å². The molecule has 4 aromatic rings. The van der Waals surface area contributed by atoms with Gasteiger partial charge in [-0.25, -0.2) is 13.8 Å². The van der Waals surface area contributed by atoms with Crippen LogP contribution in [-0.2, 0) is 22.7 Å². The summed E-state index contributed by atoms with van der Waals surface area (Å²) < 4.78 is 48.7. The highest BCUT2D eigenvalue weighted by molar-refractivity contribution is 7.23. The lowest BCUT2D eigenvalue weighted by Gasteiger charge is -2.53. The molecule has 1 aliphatic carbocycles. The number of nitriles is 1. The van der Waals surface area contributed by atoms with Crippen LogP contribution in [0.1, 0.15) is 42.4 Å². The van der Waals surface area contributed by atoms with Crippen molar-refractivity contribution >= 4 is 37.3 Å². The van der Waals surface area contributed by atoms with Crippen LogP contribution in [0.2, 0.25) is 0 Å². The van der Waals surface area contributed by atoms with Crippen LogP contribution in [0, 0.1) is 33.8 Å². The molecule has 0 unspecified atom stereocenters. The van der Waals surface area contributed by atoms with E-state index in [-0.39, 0.29) is 62.1 Å². The number of nitrogens with zero attached hydrogens (tertiary/aromatic N) is 5. The molecule has 8 rings (SSSR count). The van der Waals surface area contributed by atoms with Gasteiger partial charge in [-0.15, -0.1) is 11.3 Å². The molecule has 9 nitrogen and oxygen atoms in total. The summed E-state index contributed by atoms with van der Waals surface area (Å²) >= 11 is 0.947. The smallest absolute Gasteiger partial charge is 0.317 e. The van der Waals surface area contributed by atoms with Gasteiger partial charge in [-0.1, -0.05) is 0 Å². The van der Waals surface area contributed by atoms with Gasteiger partial charge in [-0.05, 0) is 36.8 Å². The van der Waals surface area contributed by atoms with Crippen molar-refractivity contribution in [2.24, 2.45) is 10.8 Å². The van der Waals surface area contributed by atoms with Crippen LogP contribution in [0.25, 0.3) is 32.2 Å². The SMILES string of the molecule is N#Cc1c(N)sc2c(F)cnc(-c3c4c(c5cnc(OCC6(CN7CC8(CCOCC8)C7)CC6)nc5c3F)COC4)c12. The maximum absolute atomic E-state index is 16.5. The molecule has 1 spiro atoms. The first-order valence-electron chi connectivity index (χ1n) is 14.2. The zero-order valence-electron chi connectivity index (χ0n) is 22.8. The molecule has 4 aliphatic rings. The molecule has 0 bridgehead atoms. The van der Waals surface area contributed by atoms with Crippen LogP contribution in [-0.4, -0.2) is 59.3 Å². The van der Waals surface area contributed by atoms with E-state index in [2.05, 4.69) is 19.9 Å². The minimum atomic E-state index is -0.640. The van der Waals surface area contributed by atoms with Gasteiger partial charge < -0.3 is 24.8 Å². The molecule has 0 amide bonds. The number of benzene rings is 1. The molecule has 3 fully saturated rings. The quantitative estimate of drug-likeness (QED) is 0.333. The first-order chi connectivity index (χ1) is 20.4. The summed E-state index contributed by atoms with van der Waals surface area (Å²) in [5.74, 6) is -1.26. The number of halogens is 2. The van der Waals surface area contributed by atoms with Gasteiger partial charge in [0.15, 0.2) is 11.6 Å². The van der Waals surface area contributed by atoms with Gasteiger partial charge in [0.05, 0.1) is 42.0 Å². The Hall–Kier alpha value is -3.50. The van der Waals surface area contributed by atoms with E-state index < -0.39 is 11.6 Å². The standard InChI is InChI=1S/C30H28F2N6O3S/c31-20-9-35-25(22-16(7-33)27(34)42-26(20)22)21-19-11-40-10-18(19)17-8-36-28(37-24(17)23(21)32)41-15-30(1-2-30)14-38-12-29(13-38)3-5-39-6-4-29/h8-9H,1-6,10-15,34H2. The van der Waals surface area contributed by atoms with Crippen molar-refractivity contribution in [1.82, 2.24) is 19.9 Å². The van der Waals surface area contributed by atoms with Gasteiger partial charge in [0.1, 0.15) is 16.6 Å². The lowest BCUT2D eigenvalue weighted by Crippen LogP contribution is -2.59. The van der Waals surface area contributed by atoms with Gasteiger partial charge in [0, 0.05) is 66.2 Å². The molecular formula is C30H28F2N6O3S. The fourth-order valence-corrected chi connectivity index (χ4v) is 7.87. The monoisotopic (exact) mass is 590 g/mol. The summed E-state index contributed by atoms with van der Waals surface area (Å²) in [5.41, 5.74) is 8.28. The molecule has 3 aromatic heterocycles. The summed E-state index contributed by atoms with van der Waals surface area (Å²) in [7, 11) is 0. The Kier molecular flexibility index (Phi) is 5.92. The maximum Gasteiger partial charge on any atom is 0.317 e. The minimum Gasteiger partial charge on any atom is -0.463 e. The van der Waals surface area contributed by atoms with Crippen LogP contribution in [0.4, 0.5) is 13.8 Å². The molecule has 2 N–H and O–H groups in total. The number of pyridine rings is 1. The van der Waals surface area contributed by atoms with E-state index >= 15 is 4.39 Å². The van der Waals surface area contributed by atoms with Gasteiger partial charge in [-0.3, -0.25) is 4.98 Å². The second kappa shape index (κ2) is 9.50. The maximum atomic E-state index is 16.5. The third kappa shape index (κ3) is 4.06. The molecule has 12 heteroatoms. The molecule has 1 aromatic carbocycles. The van der Waals surface area contributed by atoms with E-state index in [9.17, 15) is 9.65 Å². The predicted octanol–water partition coefficient (Wildman–Crippen LogP) is 4.94. The Balaban J connectivity index is 1.11. The van der Waals surface area contributed by atoms with Gasteiger partial charge in [-0.2, -0.15) is 10.2 Å². The van der Waals surface area contributed by atoms with Gasteiger partial charge in [0.2, 0.25) is 0 Å². The van der Waals surface area contributed by atoms with E-state index in [0.29, 0.717) is 23.0 Å². The number of likely N-dealkylation sites (tertiary alicyclic amines) is 1. The Morgan fingerprint density at radius 2 is 1.86 bits per heavy atom. The summed E-state index contributed by atoms with van der Waals surface area (Å²) in [6, 6.07) is 2.14. The molecule has 216 valence electrons. The highest BCUT2D eigenvalue weighted by Gasteiger charge is 2.51. The van der Waals surface area contributed by atoms with Crippen molar-refractivity contribution in [2.45, 2.75) is 38.9 Å². The van der Waals surface area contributed by atoms with Crippen molar-refractivity contribution in [3.05, 3.63) is 40.7 Å². The number of rotatable bonds is 6. The lowest BCUT2D eigenvalue weighted by atomic mass is 9.73. The molecule has 0 radical (unpaired) electrons. The second-order valence-corrected chi connectivity index (χ2v) is 13.3. The normalized spacial score (nSPS) is 20.5. The number of fused-ring (bicyclic) bond motifs is 4. The summed E-state index contributed by atoms with van der Waals surface area (Å²) in [5, 5.41) is 10.7. The molecule has 42 heavy (non-hydrogen) atoms. The Labute approximate surface area is 244 Å². The molecule has 0 atom stereocenters. The summed E-state index contributed by atoms with van der Waals surface area (Å²) in [6.45, 7) is 5.77. The molecule has 2 saturated heterocycles. The van der Waals surface area contributed by atoms with Crippen LogP contribution in [0.15, 0.2) is 12.4 Å². The first kappa shape index (κ1) is 26.2. The lowest BCUT2D eigenvalue weighted by molar-refractivity contribution is -0.0884. The van der Waals surface area contributed by atoms with Crippen LogP contribution in [0.3, 0.4) is 0 Å². The minimum absolute atomic E-state index is 0.0663. The third-order valence-electron chi connectivity index (χ3n) is 9.42. The topological polar surface area (TPSA) is 119 Å². The van der Waals surface area contributed by atoms with E-state index in [1.807, 2.05) is 6.07 Å². The van der Waals surface area contributed by atoms with Crippen molar-refractivity contribution in [3.63, 3.8) is 0 Å². The van der Waals surface area contributed by atoms with Gasteiger partial charge >= 0.3 is 6.01 Å². The number of hydrogen-bond acceptors (Lipinski definition) is 10. The van der Waals surface area contributed by atoms with E-state index in [4.69, 9.17) is 19.9 Å². The second-order valence-electron chi connectivity index (χ2n) is 12.2. The summed E-state index contributed by atoms with van der Waals surface area (Å²) in [4.78, 5) is 15.7. The fraction of sp³-hybridized carbons (Fsp3) is 0.467. The van der Waals surface area contributed by atoms with E-state index in [1.165, 1.54) is 0 Å². The van der Waals surface area contributed by atoms with E-state index in [0.717, 1.165) is 81.6 Å². The Morgan fingerprint density at radius 1 is 1.07 bits per heavy atom. The Morgan fingerprint density at radius 3 is 2.62 bits per heavy atom. The third-order valence-corrected chi connectivity index (χ3v) is 10.4. The van der Waals surface area contributed by atoms with Gasteiger partial charge in [0.25, 0.3) is 0 Å². The predicted molar refractivity (Wildman–Crippen MR) is 152 cm³/mol. The zero-order chi connectivity index (χ0) is 28.6. The number of aromatic nitrogens is 3. The zero-order valence-corrected chi connectivity index (χ0v) is 23.7. The van der Waals surface area contributed by atoms with Crippen molar-refractivity contribution in [3.8, 4) is 23.3 Å². The highest BCUT2D eigenvalue weighted by Crippen LogP contribution is 2.50. The molecular weight excluding hydrogens is 562 g/mol. The number of hydrogen-bond donors (Lipinski definition) is 1. The number of nitrogens with two attached hydrogens (primary N) is 1. The number of nitrogen functional groups attached to an aromatic ring is 1. The average molecular weight is 591 g/mol. The average Bonchev–Trinajstić information content (AvgIpc) is 3.40. The fourth-order valence-electron chi connectivity index (χ4n) is 6.95. The van der Waals surface area contributed by atoms with Crippen molar-refractivity contribution < 1.29 is 23.0 Å². The molecule has 1 saturated carbocycles. The number of thiophene rings is 1. The van der Waals surface area contributed by atoms with Crippen LogP contribution < -0.4 is 10.5 Å². The number of ether oxygens (including phenoxy) is 3. The highest BCUT2D eigenvalue weighted by atomic mass is 32.1. The van der Waals surface area contributed by atoms with Crippen molar-refractivity contribution in [2.75, 3.05) is 45.2 Å². The Bertz CT molecular complexity index is 1800. The molecule has 3 aliphatic heterocycles. The molecule has 6 heterocycles. The largest absolute Gasteiger partial charge is 0.463 e. The first-order valence-corrected chi connectivity index (χ1v) is 15.0. The summed E-state index contributed by atoms with van der Waals surface area (Å²) in [6.07, 6.45) is 7.04. The number of anilines is 1. The van der Waals surface area contributed by atoms with Crippen LogP contribution >= 0.6 is 11.3 Å².